The van der Waals surface area contributed by atoms with Crippen LogP contribution in [-0.4, -0.2) is 5.11 Å². The van der Waals surface area contributed by atoms with Gasteiger partial charge in [-0.1, -0.05) is 115 Å². The lowest BCUT2D eigenvalue weighted by Crippen LogP contribution is -2.22. The third kappa shape index (κ3) is 6.89. The molecule has 0 spiro atoms. The fourth-order valence-electron chi connectivity index (χ4n) is 4.72. The van der Waals surface area contributed by atoms with Gasteiger partial charge in [0.05, 0.1) is 0 Å². The van der Waals surface area contributed by atoms with E-state index in [4.69, 9.17) is 0 Å². The molecule has 0 radical (unpaired) electrons. The summed E-state index contributed by atoms with van der Waals surface area (Å²) >= 11 is 0. The highest BCUT2D eigenvalue weighted by atomic mass is 16.3. The lowest BCUT2D eigenvalue weighted by atomic mass is 9.73. The first kappa shape index (κ1) is 24.5. The zero-order valence-electron chi connectivity index (χ0n) is 20.0. The van der Waals surface area contributed by atoms with Crippen molar-refractivity contribution in [1.29, 1.82) is 0 Å². The van der Waals surface area contributed by atoms with Crippen molar-refractivity contribution in [3.63, 3.8) is 0 Å². The molecule has 1 nitrogen and oxygen atoms in total. The van der Waals surface area contributed by atoms with Crippen LogP contribution in [0.4, 0.5) is 0 Å². The van der Waals surface area contributed by atoms with E-state index in [2.05, 4.69) is 52.0 Å². The Balaban J connectivity index is 2.28. The molecule has 0 aliphatic carbocycles. The molecule has 166 valence electrons. The fraction of sp³-hybridized carbons (Fsp3) is 0.586. The second-order valence-corrected chi connectivity index (χ2v) is 9.41. The number of benzene rings is 2. The molecule has 2 aromatic carbocycles. The molecule has 2 aromatic rings. The second-order valence-electron chi connectivity index (χ2n) is 9.41. The minimum Gasteiger partial charge on any atom is -0.508 e. The van der Waals surface area contributed by atoms with Crippen LogP contribution in [0.3, 0.4) is 0 Å². The monoisotopic (exact) mass is 408 g/mol. The Hall–Kier alpha value is -1.76. The summed E-state index contributed by atoms with van der Waals surface area (Å²) in [6.45, 7) is 9.09. The van der Waals surface area contributed by atoms with Crippen LogP contribution in [0.2, 0.25) is 0 Å². The number of phenols is 1. The van der Waals surface area contributed by atoms with Crippen molar-refractivity contribution >= 4 is 0 Å². The largest absolute Gasteiger partial charge is 0.508 e. The normalized spacial score (nSPS) is 11.7. The summed E-state index contributed by atoms with van der Waals surface area (Å²) < 4.78 is 0. The van der Waals surface area contributed by atoms with Crippen LogP contribution < -0.4 is 0 Å². The van der Waals surface area contributed by atoms with E-state index in [9.17, 15) is 5.11 Å². The Labute approximate surface area is 185 Å². The van der Waals surface area contributed by atoms with E-state index in [1.54, 1.807) is 0 Å². The van der Waals surface area contributed by atoms with Crippen molar-refractivity contribution in [2.24, 2.45) is 0 Å². The van der Waals surface area contributed by atoms with Gasteiger partial charge in [0.2, 0.25) is 0 Å². The van der Waals surface area contributed by atoms with Gasteiger partial charge < -0.3 is 5.11 Å². The van der Waals surface area contributed by atoms with Crippen molar-refractivity contribution in [3.05, 3.63) is 64.7 Å². The highest BCUT2D eigenvalue weighted by Gasteiger charge is 2.29. The lowest BCUT2D eigenvalue weighted by molar-refractivity contribution is 0.452. The van der Waals surface area contributed by atoms with Crippen LogP contribution in [0.5, 0.6) is 5.75 Å². The van der Waals surface area contributed by atoms with Gasteiger partial charge >= 0.3 is 0 Å². The minimum absolute atomic E-state index is 0.206. The third-order valence-corrected chi connectivity index (χ3v) is 6.60. The fourth-order valence-corrected chi connectivity index (χ4v) is 4.72. The molecule has 0 bridgehead atoms. The van der Waals surface area contributed by atoms with E-state index in [1.165, 1.54) is 87.3 Å². The Morgan fingerprint density at radius 2 is 1.20 bits per heavy atom. The molecule has 0 amide bonds. The summed E-state index contributed by atoms with van der Waals surface area (Å²) in [4.78, 5) is 0. The summed E-state index contributed by atoms with van der Waals surface area (Å²) in [6.07, 6.45) is 15.5. The van der Waals surface area contributed by atoms with E-state index in [1.807, 2.05) is 18.2 Å². The van der Waals surface area contributed by atoms with Gasteiger partial charge in [-0.05, 0) is 48.4 Å². The molecule has 2 rings (SSSR count). The maximum absolute atomic E-state index is 10.6. The first-order chi connectivity index (χ1) is 14.5. The number of rotatable bonds is 14. The molecule has 30 heavy (non-hydrogen) atoms. The van der Waals surface area contributed by atoms with Crippen LogP contribution in [0.1, 0.15) is 114 Å². The van der Waals surface area contributed by atoms with Gasteiger partial charge in [-0.3, -0.25) is 0 Å². The van der Waals surface area contributed by atoms with Crippen LogP contribution in [0, 0.1) is 0 Å². The predicted octanol–water partition coefficient (Wildman–Crippen LogP) is 8.74. The van der Waals surface area contributed by atoms with Crippen molar-refractivity contribution in [3.8, 4) is 5.75 Å². The van der Waals surface area contributed by atoms with Crippen molar-refractivity contribution < 1.29 is 5.11 Å². The molecule has 1 heteroatoms. The quantitative estimate of drug-likeness (QED) is 0.310. The number of aryl methyl sites for hydroxylation is 1. The molecule has 0 aromatic heterocycles. The number of hydrogen-bond acceptors (Lipinski definition) is 1. The first-order valence-corrected chi connectivity index (χ1v) is 12.4. The topological polar surface area (TPSA) is 20.2 Å². The molecule has 0 unspecified atom stereocenters. The zero-order chi connectivity index (χ0) is 21.8. The second kappa shape index (κ2) is 12.8. The number of para-hydroxylation sites is 1. The molecule has 0 atom stereocenters. The number of hydrogen-bond donors (Lipinski definition) is 1. The summed E-state index contributed by atoms with van der Waals surface area (Å²) in [5.41, 5.74) is 5.28. The van der Waals surface area contributed by atoms with Gasteiger partial charge in [-0.15, -0.1) is 0 Å². The maximum Gasteiger partial charge on any atom is 0.119 e. The van der Waals surface area contributed by atoms with Gasteiger partial charge in [0.1, 0.15) is 5.75 Å². The van der Waals surface area contributed by atoms with Gasteiger partial charge in [-0.25, -0.2) is 0 Å². The van der Waals surface area contributed by atoms with E-state index in [0.29, 0.717) is 5.75 Å². The van der Waals surface area contributed by atoms with E-state index in [0.717, 1.165) is 12.0 Å². The standard InChI is InChI=1S/C29H44O/c1-5-7-9-11-13-18-24-19-17-22-26(25(24)20-14-12-10-8-6-2)29(3,4)27-21-15-16-23-28(27)30/h15-17,19,21-23,30H,5-14,18,20H2,1-4H3. The lowest BCUT2D eigenvalue weighted by Gasteiger charge is -2.30. The molecule has 0 heterocycles. The van der Waals surface area contributed by atoms with Crippen LogP contribution >= 0.6 is 0 Å². The number of unbranched alkanes of at least 4 members (excludes halogenated alkanes) is 8. The minimum atomic E-state index is -0.206. The molecule has 0 aliphatic heterocycles. The van der Waals surface area contributed by atoms with Gasteiger partial charge in [-0.2, -0.15) is 0 Å². The molecule has 0 aliphatic rings. The number of aromatic hydroxyl groups is 1. The van der Waals surface area contributed by atoms with Crippen molar-refractivity contribution in [2.45, 2.75) is 110 Å². The summed E-state index contributed by atoms with van der Waals surface area (Å²) in [5.74, 6) is 0.404. The van der Waals surface area contributed by atoms with E-state index >= 15 is 0 Å². The molecule has 0 saturated heterocycles. The Bertz CT molecular complexity index is 744. The Morgan fingerprint density at radius 1 is 0.633 bits per heavy atom. The van der Waals surface area contributed by atoms with Crippen LogP contribution in [-0.2, 0) is 18.3 Å². The van der Waals surface area contributed by atoms with Crippen molar-refractivity contribution in [2.75, 3.05) is 0 Å². The first-order valence-electron chi connectivity index (χ1n) is 12.4. The molecule has 0 saturated carbocycles. The molecular weight excluding hydrogens is 364 g/mol. The summed E-state index contributed by atoms with van der Waals surface area (Å²) in [7, 11) is 0. The van der Waals surface area contributed by atoms with E-state index in [-0.39, 0.29) is 5.41 Å². The number of phenolic OH excluding ortho intramolecular Hbond substituents is 1. The molecule has 0 fully saturated rings. The molecular formula is C29H44O. The average Bonchev–Trinajstić information content (AvgIpc) is 2.74. The van der Waals surface area contributed by atoms with Crippen LogP contribution in [0.15, 0.2) is 42.5 Å². The summed E-state index contributed by atoms with van der Waals surface area (Å²) in [5, 5.41) is 10.6. The maximum atomic E-state index is 10.6. The van der Waals surface area contributed by atoms with Gasteiger partial charge in [0.15, 0.2) is 0 Å². The van der Waals surface area contributed by atoms with Gasteiger partial charge in [0, 0.05) is 11.0 Å². The third-order valence-electron chi connectivity index (χ3n) is 6.60. The van der Waals surface area contributed by atoms with E-state index < -0.39 is 0 Å². The highest BCUT2D eigenvalue weighted by Crippen LogP contribution is 2.39. The average molecular weight is 409 g/mol. The highest BCUT2D eigenvalue weighted by molar-refractivity contribution is 5.50. The Morgan fingerprint density at radius 3 is 1.83 bits per heavy atom. The smallest absolute Gasteiger partial charge is 0.119 e. The zero-order valence-corrected chi connectivity index (χ0v) is 20.0. The van der Waals surface area contributed by atoms with Crippen molar-refractivity contribution in [1.82, 2.24) is 0 Å². The van der Waals surface area contributed by atoms with Crippen LogP contribution in [0.25, 0.3) is 0 Å². The van der Waals surface area contributed by atoms with Gasteiger partial charge in [0.25, 0.3) is 0 Å². The summed E-state index contributed by atoms with van der Waals surface area (Å²) in [6, 6.07) is 14.7. The SMILES string of the molecule is CCCCCCCc1cccc(C(C)(C)c2ccccc2O)c1CCCCCCC. The predicted molar refractivity (Wildman–Crippen MR) is 132 cm³/mol. The molecule has 1 N–H and O–H groups in total. The Kier molecular flexibility index (Phi) is 10.5.